The maximum absolute atomic E-state index is 13.1. The summed E-state index contributed by atoms with van der Waals surface area (Å²) in [6.45, 7) is 7.13. The number of ether oxygens (including phenoxy) is 2. The molecule has 0 aromatic carbocycles. The zero-order valence-corrected chi connectivity index (χ0v) is 17.3. The highest BCUT2D eigenvalue weighted by molar-refractivity contribution is 5.81. The molecule has 1 saturated carbocycles. The van der Waals surface area contributed by atoms with Crippen LogP contribution in [0.2, 0.25) is 0 Å². The quantitative estimate of drug-likeness (QED) is 0.686. The summed E-state index contributed by atoms with van der Waals surface area (Å²) < 4.78 is 12.7. The summed E-state index contributed by atoms with van der Waals surface area (Å²) in [5, 5.41) is 4.14. The summed E-state index contributed by atoms with van der Waals surface area (Å²) in [6.07, 6.45) is 7.07. The van der Waals surface area contributed by atoms with E-state index in [9.17, 15) is 9.59 Å². The van der Waals surface area contributed by atoms with Crippen LogP contribution in [0.5, 0.6) is 0 Å². The second-order valence-corrected chi connectivity index (χ2v) is 8.46. The number of amides is 1. The molecule has 0 N–H and O–H groups in total. The molecule has 29 heavy (non-hydrogen) atoms. The zero-order valence-electron chi connectivity index (χ0n) is 17.3. The maximum Gasteiger partial charge on any atom is 0.314 e. The standard InChI is InChI=1S/C21H32N4O4/c1-2-29-20(27)21-6-4-18(23-10-12-28-13-11-23)14-17(21)5-9-24(16-21)19(26)15-25-8-3-7-22-25/h3,7-8,17-18H,2,4-6,9-16H2,1H3/t17-,18-,21-/m1/s1. The highest BCUT2D eigenvalue weighted by Crippen LogP contribution is 2.48. The molecule has 3 atom stereocenters. The molecule has 1 amide bonds. The van der Waals surface area contributed by atoms with Crippen LogP contribution in [0.1, 0.15) is 32.6 Å². The third-order valence-corrected chi connectivity index (χ3v) is 6.94. The summed E-state index contributed by atoms with van der Waals surface area (Å²) in [5.74, 6) is 0.157. The third-order valence-electron chi connectivity index (χ3n) is 6.94. The molecule has 4 rings (SSSR count). The number of hydrogen-bond acceptors (Lipinski definition) is 6. The number of rotatable bonds is 5. The van der Waals surface area contributed by atoms with Gasteiger partial charge in [0.25, 0.3) is 0 Å². The van der Waals surface area contributed by atoms with Gasteiger partial charge in [0.05, 0.1) is 25.2 Å². The molecule has 0 radical (unpaired) electrons. The molecule has 1 aromatic heterocycles. The molecule has 3 fully saturated rings. The number of piperidine rings is 1. The van der Waals surface area contributed by atoms with Crippen molar-refractivity contribution < 1.29 is 19.1 Å². The fourth-order valence-electron chi connectivity index (χ4n) is 5.36. The minimum absolute atomic E-state index is 0.0196. The lowest BCUT2D eigenvalue weighted by molar-refractivity contribution is -0.171. The number of aromatic nitrogens is 2. The van der Waals surface area contributed by atoms with Gasteiger partial charge in [-0.3, -0.25) is 19.2 Å². The van der Waals surface area contributed by atoms with E-state index in [0.29, 0.717) is 25.7 Å². The van der Waals surface area contributed by atoms with E-state index < -0.39 is 5.41 Å². The van der Waals surface area contributed by atoms with Gasteiger partial charge in [-0.15, -0.1) is 0 Å². The number of likely N-dealkylation sites (tertiary alicyclic amines) is 1. The van der Waals surface area contributed by atoms with Crippen molar-refractivity contribution in [2.45, 2.75) is 45.2 Å². The van der Waals surface area contributed by atoms with E-state index in [1.807, 2.05) is 17.9 Å². The predicted octanol–water partition coefficient (Wildman–Crippen LogP) is 1.17. The van der Waals surface area contributed by atoms with Gasteiger partial charge in [-0.2, -0.15) is 5.10 Å². The molecular weight excluding hydrogens is 372 g/mol. The largest absolute Gasteiger partial charge is 0.466 e. The minimum atomic E-state index is -0.573. The average molecular weight is 405 g/mol. The van der Waals surface area contributed by atoms with Gasteiger partial charge in [-0.05, 0) is 44.6 Å². The van der Waals surface area contributed by atoms with Crippen molar-refractivity contribution in [2.24, 2.45) is 11.3 Å². The van der Waals surface area contributed by atoms with Crippen molar-refractivity contribution in [3.8, 4) is 0 Å². The van der Waals surface area contributed by atoms with Gasteiger partial charge in [0.1, 0.15) is 6.54 Å². The Kier molecular flexibility index (Phi) is 6.20. The molecule has 3 heterocycles. The first kappa shape index (κ1) is 20.3. The lowest BCUT2D eigenvalue weighted by Gasteiger charge is -2.52. The molecule has 1 aliphatic carbocycles. The maximum atomic E-state index is 13.1. The second-order valence-electron chi connectivity index (χ2n) is 8.46. The lowest BCUT2D eigenvalue weighted by atomic mass is 9.61. The molecule has 160 valence electrons. The lowest BCUT2D eigenvalue weighted by Crippen LogP contribution is -2.60. The number of nitrogens with zero attached hydrogens (tertiary/aromatic N) is 4. The van der Waals surface area contributed by atoms with Gasteiger partial charge in [0, 0.05) is 44.6 Å². The number of fused-ring (bicyclic) bond motifs is 1. The average Bonchev–Trinajstić information content (AvgIpc) is 3.26. The van der Waals surface area contributed by atoms with Crippen LogP contribution in [0.25, 0.3) is 0 Å². The number of morpholine rings is 1. The number of esters is 1. The van der Waals surface area contributed by atoms with Gasteiger partial charge < -0.3 is 14.4 Å². The molecule has 0 bridgehead atoms. The first-order valence-corrected chi connectivity index (χ1v) is 10.9. The molecule has 0 spiro atoms. The van der Waals surface area contributed by atoms with Crippen LogP contribution in [0, 0.1) is 11.3 Å². The van der Waals surface area contributed by atoms with E-state index in [4.69, 9.17) is 9.47 Å². The van der Waals surface area contributed by atoms with Crippen molar-refractivity contribution in [3.05, 3.63) is 18.5 Å². The van der Waals surface area contributed by atoms with E-state index in [0.717, 1.165) is 52.0 Å². The molecular formula is C21H32N4O4. The number of carbonyl (C=O) groups is 2. The summed E-state index contributed by atoms with van der Waals surface area (Å²) in [4.78, 5) is 30.3. The molecule has 1 aromatic rings. The Morgan fingerprint density at radius 3 is 2.79 bits per heavy atom. The first-order valence-electron chi connectivity index (χ1n) is 10.9. The van der Waals surface area contributed by atoms with Gasteiger partial charge >= 0.3 is 5.97 Å². The Balaban J connectivity index is 1.48. The summed E-state index contributed by atoms with van der Waals surface area (Å²) in [7, 11) is 0. The fraction of sp³-hybridized carbons (Fsp3) is 0.762. The SMILES string of the molecule is CCOC(=O)[C@@]12CC[C@@H](N3CCOCC3)C[C@H]1CCN(C(=O)Cn1cccn1)C2. The third kappa shape index (κ3) is 4.19. The normalized spacial score (nSPS) is 30.6. The number of hydrogen-bond donors (Lipinski definition) is 0. The van der Waals surface area contributed by atoms with E-state index in [1.54, 1.807) is 17.1 Å². The zero-order chi connectivity index (χ0) is 20.3. The van der Waals surface area contributed by atoms with Gasteiger partial charge in [0.15, 0.2) is 0 Å². The van der Waals surface area contributed by atoms with Crippen molar-refractivity contribution in [1.29, 1.82) is 0 Å². The highest BCUT2D eigenvalue weighted by atomic mass is 16.5. The highest BCUT2D eigenvalue weighted by Gasteiger charge is 2.54. The van der Waals surface area contributed by atoms with Crippen LogP contribution in [0.15, 0.2) is 18.5 Å². The fourth-order valence-corrected chi connectivity index (χ4v) is 5.36. The molecule has 0 unspecified atom stereocenters. The van der Waals surface area contributed by atoms with Crippen molar-refractivity contribution >= 4 is 11.9 Å². The van der Waals surface area contributed by atoms with Gasteiger partial charge in [-0.25, -0.2) is 0 Å². The van der Waals surface area contributed by atoms with Crippen LogP contribution < -0.4 is 0 Å². The van der Waals surface area contributed by atoms with Crippen LogP contribution in [-0.4, -0.2) is 83.5 Å². The van der Waals surface area contributed by atoms with Crippen LogP contribution >= 0.6 is 0 Å². The van der Waals surface area contributed by atoms with E-state index in [-0.39, 0.29) is 24.3 Å². The Morgan fingerprint density at radius 2 is 2.07 bits per heavy atom. The van der Waals surface area contributed by atoms with Crippen molar-refractivity contribution in [1.82, 2.24) is 19.6 Å². The van der Waals surface area contributed by atoms with Gasteiger partial charge in [0.2, 0.25) is 5.91 Å². The first-order chi connectivity index (χ1) is 14.1. The monoisotopic (exact) mass is 404 g/mol. The smallest absolute Gasteiger partial charge is 0.314 e. The van der Waals surface area contributed by atoms with Crippen molar-refractivity contribution in [2.75, 3.05) is 46.0 Å². The van der Waals surface area contributed by atoms with Crippen LogP contribution in [0.4, 0.5) is 0 Å². The summed E-state index contributed by atoms with van der Waals surface area (Å²) >= 11 is 0. The summed E-state index contributed by atoms with van der Waals surface area (Å²) in [6, 6.07) is 2.31. The second kappa shape index (κ2) is 8.83. The molecule has 3 aliphatic rings. The van der Waals surface area contributed by atoms with Crippen LogP contribution in [0.3, 0.4) is 0 Å². The number of carbonyl (C=O) groups excluding carboxylic acids is 2. The molecule has 8 nitrogen and oxygen atoms in total. The van der Waals surface area contributed by atoms with Gasteiger partial charge in [-0.1, -0.05) is 0 Å². The minimum Gasteiger partial charge on any atom is -0.466 e. The van der Waals surface area contributed by atoms with E-state index in [1.165, 1.54) is 0 Å². The summed E-state index contributed by atoms with van der Waals surface area (Å²) in [5.41, 5.74) is -0.573. The Hall–Kier alpha value is -1.93. The van der Waals surface area contributed by atoms with E-state index in [2.05, 4.69) is 10.00 Å². The predicted molar refractivity (Wildman–Crippen MR) is 106 cm³/mol. The Bertz CT molecular complexity index is 704. The molecule has 2 aliphatic heterocycles. The molecule has 8 heteroatoms. The topological polar surface area (TPSA) is 76.9 Å². The molecule has 2 saturated heterocycles. The van der Waals surface area contributed by atoms with Crippen molar-refractivity contribution in [3.63, 3.8) is 0 Å². The Labute approximate surface area is 172 Å². The van der Waals surface area contributed by atoms with E-state index >= 15 is 0 Å². The Morgan fingerprint density at radius 1 is 1.24 bits per heavy atom. The van der Waals surface area contributed by atoms with Crippen LogP contribution in [-0.2, 0) is 25.6 Å².